The molecule has 0 spiro atoms. The fourth-order valence-electron chi connectivity index (χ4n) is 2.05. The second kappa shape index (κ2) is 3.17. The van der Waals surface area contributed by atoms with Crippen molar-refractivity contribution in [1.29, 1.82) is 0 Å². The fourth-order valence-corrected chi connectivity index (χ4v) is 2.05. The summed E-state index contributed by atoms with van der Waals surface area (Å²) in [6.07, 6.45) is 1.75. The van der Waals surface area contributed by atoms with Crippen LogP contribution in [0.1, 0.15) is 5.56 Å². The Morgan fingerprint density at radius 3 is 2.81 bits per heavy atom. The molecule has 0 aliphatic carbocycles. The largest absolute Gasteiger partial charge is 0.352 e. The Morgan fingerprint density at radius 2 is 1.94 bits per heavy atom. The first-order valence-electron chi connectivity index (χ1n) is 5.14. The smallest absolute Gasteiger partial charge is 0.267 e. The number of aromatic nitrogens is 2. The van der Waals surface area contributed by atoms with E-state index in [1.165, 1.54) is 0 Å². The summed E-state index contributed by atoms with van der Waals surface area (Å²) in [6.45, 7) is 2.00. The van der Waals surface area contributed by atoms with E-state index in [0.717, 1.165) is 22.0 Å². The molecule has 0 bridgehead atoms. The molecule has 0 amide bonds. The third-order valence-corrected chi connectivity index (χ3v) is 2.78. The summed E-state index contributed by atoms with van der Waals surface area (Å²) >= 11 is 0. The Morgan fingerprint density at radius 1 is 1.12 bits per heavy atom. The van der Waals surface area contributed by atoms with Crippen LogP contribution in [0.2, 0.25) is 0 Å². The average Bonchev–Trinajstić information content (AvgIpc) is 2.30. The molecule has 0 fully saturated rings. The Hall–Kier alpha value is -2.16. The van der Waals surface area contributed by atoms with Gasteiger partial charge < -0.3 is 0 Å². The van der Waals surface area contributed by atoms with Gasteiger partial charge in [0.25, 0.3) is 0 Å². The molecule has 3 nitrogen and oxygen atoms in total. The molecule has 2 aromatic heterocycles. The summed E-state index contributed by atoms with van der Waals surface area (Å²) in [7, 11) is 0. The van der Waals surface area contributed by atoms with Gasteiger partial charge in [0.2, 0.25) is 0 Å². The lowest BCUT2D eigenvalue weighted by Gasteiger charge is -2.06. The maximum atomic E-state index is 11.8. The number of fused-ring (bicyclic) bond motifs is 3. The summed E-state index contributed by atoms with van der Waals surface area (Å²) in [5.74, 6) is 0. The van der Waals surface area contributed by atoms with Crippen LogP contribution in [0, 0.1) is 6.92 Å². The van der Waals surface area contributed by atoms with Gasteiger partial charge in [0, 0.05) is 11.6 Å². The van der Waals surface area contributed by atoms with Crippen LogP contribution in [-0.4, -0.2) is 9.38 Å². The van der Waals surface area contributed by atoms with Crippen LogP contribution >= 0.6 is 0 Å². The van der Waals surface area contributed by atoms with E-state index >= 15 is 0 Å². The van der Waals surface area contributed by atoms with Crippen molar-refractivity contribution < 1.29 is 0 Å². The van der Waals surface area contributed by atoms with Gasteiger partial charge in [-0.25, -0.2) is 4.79 Å². The molecule has 0 atom stereocenters. The van der Waals surface area contributed by atoms with E-state index in [1.54, 1.807) is 10.6 Å². The van der Waals surface area contributed by atoms with E-state index in [-0.39, 0.29) is 5.69 Å². The normalized spacial score (nSPS) is 11.1. The third-order valence-electron chi connectivity index (χ3n) is 2.78. The van der Waals surface area contributed by atoms with Crippen molar-refractivity contribution in [3.05, 3.63) is 58.6 Å². The first kappa shape index (κ1) is 9.09. The van der Waals surface area contributed by atoms with Crippen LogP contribution < -0.4 is 5.69 Å². The summed E-state index contributed by atoms with van der Waals surface area (Å²) < 4.78 is 1.59. The lowest BCUT2D eigenvalue weighted by Crippen LogP contribution is -2.17. The predicted molar refractivity (Wildman–Crippen MR) is 63.7 cm³/mol. The van der Waals surface area contributed by atoms with Crippen LogP contribution in [0.5, 0.6) is 0 Å². The number of nitrogens with zero attached hydrogens (tertiary/aromatic N) is 2. The number of hydrogen-bond donors (Lipinski definition) is 0. The minimum Gasteiger partial charge on any atom is -0.267 e. The van der Waals surface area contributed by atoms with Crippen molar-refractivity contribution in [1.82, 2.24) is 9.38 Å². The Balaban J connectivity index is 2.73. The second-order valence-corrected chi connectivity index (χ2v) is 3.82. The number of aryl methyl sites for hydroxylation is 1. The molecule has 0 N–H and O–H groups in total. The van der Waals surface area contributed by atoms with E-state index in [2.05, 4.69) is 4.98 Å². The molecular weight excluding hydrogens is 200 g/mol. The number of para-hydroxylation sites is 1. The first-order chi connectivity index (χ1) is 7.77. The van der Waals surface area contributed by atoms with E-state index in [4.69, 9.17) is 0 Å². The highest BCUT2D eigenvalue weighted by molar-refractivity contribution is 5.94. The van der Waals surface area contributed by atoms with Crippen molar-refractivity contribution in [3.63, 3.8) is 0 Å². The standard InChI is InChI=1S/C13H10N2O/c1-9-5-4-8-15-12(9)10-6-2-3-7-11(10)14-13(15)16/h2-8H,1H3. The van der Waals surface area contributed by atoms with E-state index in [9.17, 15) is 4.79 Å². The lowest BCUT2D eigenvalue weighted by atomic mass is 10.1. The van der Waals surface area contributed by atoms with Crippen molar-refractivity contribution in [2.45, 2.75) is 6.92 Å². The van der Waals surface area contributed by atoms with Gasteiger partial charge in [-0.1, -0.05) is 24.3 Å². The Labute approximate surface area is 92.0 Å². The van der Waals surface area contributed by atoms with Crippen molar-refractivity contribution in [3.8, 4) is 0 Å². The molecule has 0 aliphatic rings. The molecular formula is C13H10N2O. The molecule has 3 rings (SSSR count). The topological polar surface area (TPSA) is 34.4 Å². The summed E-state index contributed by atoms with van der Waals surface area (Å²) in [5.41, 5.74) is 2.55. The summed E-state index contributed by atoms with van der Waals surface area (Å²) in [6, 6.07) is 11.6. The van der Waals surface area contributed by atoms with E-state index < -0.39 is 0 Å². The maximum Gasteiger partial charge on any atom is 0.352 e. The van der Waals surface area contributed by atoms with Gasteiger partial charge in [-0.3, -0.25) is 4.40 Å². The number of hydrogen-bond acceptors (Lipinski definition) is 2. The van der Waals surface area contributed by atoms with Gasteiger partial charge in [0.1, 0.15) is 0 Å². The Kier molecular flexibility index (Phi) is 1.80. The molecule has 0 aliphatic heterocycles. The number of rotatable bonds is 0. The highest BCUT2D eigenvalue weighted by atomic mass is 16.1. The third kappa shape index (κ3) is 1.15. The molecule has 78 valence electrons. The number of pyridine rings is 1. The van der Waals surface area contributed by atoms with Gasteiger partial charge in [0.15, 0.2) is 0 Å². The van der Waals surface area contributed by atoms with Crippen molar-refractivity contribution >= 4 is 16.4 Å². The summed E-state index contributed by atoms with van der Waals surface area (Å²) in [5, 5.41) is 1.01. The molecule has 0 unspecified atom stereocenters. The van der Waals surface area contributed by atoms with Gasteiger partial charge in [0.05, 0.1) is 11.0 Å². The van der Waals surface area contributed by atoms with Crippen LogP contribution in [0.4, 0.5) is 0 Å². The molecule has 2 heterocycles. The van der Waals surface area contributed by atoms with E-state index in [0.29, 0.717) is 0 Å². The lowest BCUT2D eigenvalue weighted by molar-refractivity contribution is 1.01. The van der Waals surface area contributed by atoms with Crippen molar-refractivity contribution in [2.24, 2.45) is 0 Å². The molecule has 3 aromatic rings. The zero-order chi connectivity index (χ0) is 11.1. The molecule has 3 heteroatoms. The monoisotopic (exact) mass is 210 g/mol. The highest BCUT2D eigenvalue weighted by Crippen LogP contribution is 2.18. The minimum absolute atomic E-state index is 0.225. The van der Waals surface area contributed by atoms with Gasteiger partial charge >= 0.3 is 5.69 Å². The second-order valence-electron chi connectivity index (χ2n) is 3.82. The maximum absolute atomic E-state index is 11.8. The van der Waals surface area contributed by atoms with Crippen molar-refractivity contribution in [2.75, 3.05) is 0 Å². The van der Waals surface area contributed by atoms with Crippen LogP contribution in [0.25, 0.3) is 16.4 Å². The minimum atomic E-state index is -0.225. The molecule has 0 saturated carbocycles. The predicted octanol–water partition coefficient (Wildman–Crippen LogP) is 2.16. The molecule has 16 heavy (non-hydrogen) atoms. The SMILES string of the molecule is Cc1cccn2c(=O)nc3ccccc3c12. The fraction of sp³-hybridized carbons (Fsp3) is 0.0769. The van der Waals surface area contributed by atoms with Crippen LogP contribution in [0.15, 0.2) is 47.4 Å². The molecule has 1 aromatic carbocycles. The van der Waals surface area contributed by atoms with Crippen LogP contribution in [0.3, 0.4) is 0 Å². The van der Waals surface area contributed by atoms with E-state index in [1.807, 2.05) is 43.3 Å². The molecule has 0 saturated heterocycles. The quantitative estimate of drug-likeness (QED) is 0.533. The average molecular weight is 210 g/mol. The van der Waals surface area contributed by atoms with Gasteiger partial charge in [-0.15, -0.1) is 0 Å². The highest BCUT2D eigenvalue weighted by Gasteiger charge is 2.05. The van der Waals surface area contributed by atoms with Gasteiger partial charge in [-0.05, 0) is 24.6 Å². The summed E-state index contributed by atoms with van der Waals surface area (Å²) in [4.78, 5) is 15.8. The number of benzene rings is 1. The van der Waals surface area contributed by atoms with Crippen LogP contribution in [-0.2, 0) is 0 Å². The zero-order valence-corrected chi connectivity index (χ0v) is 8.84. The molecule has 0 radical (unpaired) electrons. The Bertz CT molecular complexity index is 744. The first-order valence-corrected chi connectivity index (χ1v) is 5.14. The zero-order valence-electron chi connectivity index (χ0n) is 8.84. The van der Waals surface area contributed by atoms with Gasteiger partial charge in [-0.2, -0.15) is 4.98 Å².